The van der Waals surface area contributed by atoms with E-state index in [-0.39, 0.29) is 11.9 Å². The number of carbonyl (C=O) groups excluding carboxylic acids is 1. The Hall–Kier alpha value is -1.51. The number of rotatable bonds is 6. The Morgan fingerprint density at radius 3 is 2.35 bits per heavy atom. The smallest absolute Gasteiger partial charge is 0.131 e. The van der Waals surface area contributed by atoms with E-state index in [1.807, 2.05) is 45.2 Å². The first-order valence-electron chi connectivity index (χ1n) is 5.96. The molecule has 0 saturated heterocycles. The molecule has 0 radical (unpaired) electrons. The molecule has 1 aromatic rings. The maximum absolute atomic E-state index is 10.9. The van der Waals surface area contributed by atoms with E-state index in [2.05, 4.69) is 4.90 Å². The van der Waals surface area contributed by atoms with Crippen molar-refractivity contribution in [1.82, 2.24) is 0 Å². The molecule has 0 aliphatic carbocycles. The number of nitrogens with zero attached hydrogens (tertiary/aromatic N) is 1. The number of hydrogen-bond donors (Lipinski definition) is 0. The molecule has 0 heterocycles. The molecule has 0 aliphatic heterocycles. The minimum absolute atomic E-state index is 0.191. The molecular weight excluding hydrogens is 214 g/mol. The lowest BCUT2D eigenvalue weighted by atomic mass is 10.2. The third-order valence-corrected chi connectivity index (χ3v) is 2.45. The molecule has 0 aliphatic rings. The summed E-state index contributed by atoms with van der Waals surface area (Å²) in [6.45, 7) is 6.38. The van der Waals surface area contributed by atoms with Gasteiger partial charge in [-0.25, -0.2) is 0 Å². The maximum atomic E-state index is 10.9. The Labute approximate surface area is 103 Å². The van der Waals surface area contributed by atoms with Crippen LogP contribution < -0.4 is 9.64 Å². The van der Waals surface area contributed by atoms with Gasteiger partial charge in [0.1, 0.15) is 11.5 Å². The van der Waals surface area contributed by atoms with Crippen molar-refractivity contribution in [3.63, 3.8) is 0 Å². The van der Waals surface area contributed by atoms with E-state index in [4.69, 9.17) is 4.74 Å². The average Bonchev–Trinajstić information content (AvgIpc) is 2.26. The predicted molar refractivity (Wildman–Crippen MR) is 70.8 cm³/mol. The summed E-state index contributed by atoms with van der Waals surface area (Å²) < 4.78 is 5.57. The van der Waals surface area contributed by atoms with Crippen LogP contribution in [0.1, 0.15) is 27.2 Å². The molecule has 0 aromatic heterocycles. The van der Waals surface area contributed by atoms with Gasteiger partial charge in [0.25, 0.3) is 0 Å². The van der Waals surface area contributed by atoms with Crippen LogP contribution >= 0.6 is 0 Å². The van der Waals surface area contributed by atoms with E-state index in [0.717, 1.165) is 18.0 Å². The first-order chi connectivity index (χ1) is 7.99. The highest BCUT2D eigenvalue weighted by Gasteiger charge is 2.03. The second-order valence-corrected chi connectivity index (χ2v) is 4.53. The van der Waals surface area contributed by atoms with Crippen molar-refractivity contribution in [2.45, 2.75) is 33.3 Å². The van der Waals surface area contributed by atoms with E-state index in [1.54, 1.807) is 6.92 Å². The van der Waals surface area contributed by atoms with Crippen LogP contribution in [-0.4, -0.2) is 25.5 Å². The summed E-state index contributed by atoms with van der Waals surface area (Å²) in [7, 11) is 1.99. The Bertz CT molecular complexity index is 357. The third kappa shape index (κ3) is 4.89. The summed E-state index contributed by atoms with van der Waals surface area (Å²) in [5.41, 5.74) is 1.10. The summed E-state index contributed by atoms with van der Waals surface area (Å²) in [5.74, 6) is 1.10. The summed E-state index contributed by atoms with van der Waals surface area (Å²) in [4.78, 5) is 13.0. The highest BCUT2D eigenvalue weighted by Crippen LogP contribution is 2.19. The molecule has 1 rings (SSSR count). The molecule has 94 valence electrons. The first-order valence-corrected chi connectivity index (χ1v) is 5.96. The molecule has 0 N–H and O–H groups in total. The van der Waals surface area contributed by atoms with Crippen molar-refractivity contribution >= 4 is 11.5 Å². The van der Waals surface area contributed by atoms with Crippen LogP contribution in [0.5, 0.6) is 5.75 Å². The minimum Gasteiger partial charge on any atom is -0.491 e. The van der Waals surface area contributed by atoms with Gasteiger partial charge >= 0.3 is 0 Å². The number of Topliss-reactive ketones (excluding diaryl/α,β-unsaturated/α-hetero) is 1. The first kappa shape index (κ1) is 13.6. The largest absolute Gasteiger partial charge is 0.491 e. The summed E-state index contributed by atoms with van der Waals surface area (Å²) in [6.07, 6.45) is 0.775. The van der Waals surface area contributed by atoms with Gasteiger partial charge in [-0.15, -0.1) is 0 Å². The molecule has 3 nitrogen and oxygen atoms in total. The number of hydrogen-bond acceptors (Lipinski definition) is 3. The monoisotopic (exact) mass is 235 g/mol. The molecule has 0 fully saturated rings. The lowest BCUT2D eigenvalue weighted by molar-refractivity contribution is -0.116. The topological polar surface area (TPSA) is 29.5 Å². The zero-order chi connectivity index (χ0) is 12.8. The molecule has 17 heavy (non-hydrogen) atoms. The third-order valence-electron chi connectivity index (χ3n) is 2.45. The van der Waals surface area contributed by atoms with Gasteiger partial charge in [0.2, 0.25) is 0 Å². The lowest BCUT2D eigenvalue weighted by Gasteiger charge is -2.19. The predicted octanol–water partition coefficient (Wildman–Crippen LogP) is 2.89. The van der Waals surface area contributed by atoms with Crippen molar-refractivity contribution in [3.05, 3.63) is 24.3 Å². The van der Waals surface area contributed by atoms with E-state index in [1.165, 1.54) is 0 Å². The van der Waals surface area contributed by atoms with Crippen LogP contribution in [0.3, 0.4) is 0 Å². The highest BCUT2D eigenvalue weighted by molar-refractivity contribution is 5.76. The van der Waals surface area contributed by atoms with Crippen LogP contribution in [-0.2, 0) is 4.79 Å². The van der Waals surface area contributed by atoms with Crippen molar-refractivity contribution < 1.29 is 9.53 Å². The fourth-order valence-electron chi connectivity index (χ4n) is 1.51. The zero-order valence-electron chi connectivity index (χ0n) is 11.1. The van der Waals surface area contributed by atoms with Crippen LogP contribution in [0.4, 0.5) is 5.69 Å². The van der Waals surface area contributed by atoms with Crippen LogP contribution in [0, 0.1) is 0 Å². The Morgan fingerprint density at radius 2 is 1.88 bits per heavy atom. The second kappa shape index (κ2) is 6.28. The van der Waals surface area contributed by atoms with Crippen molar-refractivity contribution in [1.29, 1.82) is 0 Å². The lowest BCUT2D eigenvalue weighted by Crippen LogP contribution is -2.20. The van der Waals surface area contributed by atoms with E-state index in [9.17, 15) is 4.79 Å². The molecule has 0 unspecified atom stereocenters. The van der Waals surface area contributed by atoms with Crippen molar-refractivity contribution in [3.8, 4) is 5.75 Å². The molecule has 0 spiro atoms. The standard InChI is InChI=1S/C14H21NO2/c1-11(2)17-14-7-5-13(6-8-14)15(4)10-9-12(3)16/h5-8,11H,9-10H2,1-4H3. The van der Waals surface area contributed by atoms with Gasteiger partial charge in [-0.2, -0.15) is 0 Å². The van der Waals surface area contributed by atoms with Crippen LogP contribution in [0.25, 0.3) is 0 Å². The fraction of sp³-hybridized carbons (Fsp3) is 0.500. The molecule has 0 bridgehead atoms. The van der Waals surface area contributed by atoms with Gasteiger partial charge in [0, 0.05) is 25.7 Å². The quantitative estimate of drug-likeness (QED) is 0.759. The Balaban J connectivity index is 2.57. The second-order valence-electron chi connectivity index (χ2n) is 4.53. The Kier molecular flexibility index (Phi) is 5.01. The molecular formula is C14H21NO2. The molecule has 3 heteroatoms. The van der Waals surface area contributed by atoms with Crippen LogP contribution in [0.2, 0.25) is 0 Å². The SMILES string of the molecule is CC(=O)CCN(C)c1ccc(OC(C)C)cc1. The minimum atomic E-state index is 0.191. The summed E-state index contributed by atoms with van der Waals surface area (Å²) in [6, 6.07) is 7.94. The van der Waals surface area contributed by atoms with Gasteiger partial charge in [-0.1, -0.05) is 0 Å². The zero-order valence-corrected chi connectivity index (χ0v) is 11.1. The fourth-order valence-corrected chi connectivity index (χ4v) is 1.51. The molecule has 0 saturated carbocycles. The highest BCUT2D eigenvalue weighted by atomic mass is 16.5. The number of anilines is 1. The van der Waals surface area contributed by atoms with Crippen molar-refractivity contribution in [2.75, 3.05) is 18.5 Å². The maximum Gasteiger partial charge on any atom is 0.131 e. The van der Waals surface area contributed by atoms with E-state index in [0.29, 0.717) is 6.42 Å². The average molecular weight is 235 g/mol. The molecule has 0 atom stereocenters. The number of ether oxygens (including phenoxy) is 1. The number of benzene rings is 1. The van der Waals surface area contributed by atoms with Gasteiger partial charge in [0.05, 0.1) is 6.10 Å². The molecule has 0 amide bonds. The number of ketones is 1. The van der Waals surface area contributed by atoms with Gasteiger partial charge < -0.3 is 9.64 Å². The van der Waals surface area contributed by atoms with Gasteiger partial charge in [0.15, 0.2) is 0 Å². The number of carbonyl (C=O) groups is 1. The van der Waals surface area contributed by atoms with Crippen molar-refractivity contribution in [2.24, 2.45) is 0 Å². The summed E-state index contributed by atoms with van der Waals surface area (Å²) in [5, 5.41) is 0. The van der Waals surface area contributed by atoms with Gasteiger partial charge in [-0.05, 0) is 45.0 Å². The van der Waals surface area contributed by atoms with Crippen LogP contribution in [0.15, 0.2) is 24.3 Å². The Morgan fingerprint density at radius 1 is 1.29 bits per heavy atom. The molecule has 1 aromatic carbocycles. The van der Waals surface area contributed by atoms with E-state index >= 15 is 0 Å². The normalized spacial score (nSPS) is 10.4. The summed E-state index contributed by atoms with van der Waals surface area (Å²) >= 11 is 0. The van der Waals surface area contributed by atoms with Gasteiger partial charge in [-0.3, -0.25) is 4.79 Å². The van der Waals surface area contributed by atoms with E-state index < -0.39 is 0 Å².